The zero-order valence-electron chi connectivity index (χ0n) is 13.0. The van der Waals surface area contributed by atoms with Crippen LogP contribution in [0.15, 0.2) is 42.7 Å². The zero-order valence-corrected chi connectivity index (χ0v) is 13.0. The van der Waals surface area contributed by atoms with Crippen LogP contribution in [0.3, 0.4) is 0 Å². The largest absolute Gasteiger partial charge is 0.416 e. The summed E-state index contributed by atoms with van der Waals surface area (Å²) in [5.41, 5.74) is -1.94. The van der Waals surface area contributed by atoms with Crippen LogP contribution in [-0.4, -0.2) is 27.5 Å². The highest BCUT2D eigenvalue weighted by atomic mass is 19.4. The summed E-state index contributed by atoms with van der Waals surface area (Å²) in [4.78, 5) is 0. The van der Waals surface area contributed by atoms with Crippen LogP contribution in [0.4, 0.5) is 13.2 Å². The molecule has 1 aromatic carbocycles. The predicted molar refractivity (Wildman–Crippen MR) is 80.7 cm³/mol. The molecule has 0 fully saturated rings. The molecule has 0 aliphatic carbocycles. The zero-order chi connectivity index (χ0) is 17.1. The number of hydrogen-bond acceptors (Lipinski definition) is 3. The van der Waals surface area contributed by atoms with Crippen LogP contribution < -0.4 is 5.32 Å². The number of alkyl halides is 3. The highest BCUT2D eigenvalue weighted by Gasteiger charge is 2.32. The number of rotatable bonds is 6. The number of halogens is 3. The molecule has 0 spiro atoms. The van der Waals surface area contributed by atoms with Gasteiger partial charge in [0.1, 0.15) is 0 Å². The molecule has 0 radical (unpaired) electrons. The van der Waals surface area contributed by atoms with Gasteiger partial charge in [0.05, 0.1) is 17.7 Å². The lowest BCUT2D eigenvalue weighted by Crippen LogP contribution is -2.41. The molecule has 126 valence electrons. The van der Waals surface area contributed by atoms with Crippen LogP contribution in [0.1, 0.15) is 25.0 Å². The van der Waals surface area contributed by atoms with Gasteiger partial charge in [0, 0.05) is 25.0 Å². The van der Waals surface area contributed by atoms with E-state index in [1.807, 2.05) is 19.2 Å². The maximum absolute atomic E-state index is 12.8. The number of benzene rings is 1. The van der Waals surface area contributed by atoms with Crippen LogP contribution in [0.25, 0.3) is 0 Å². The minimum Gasteiger partial charge on any atom is -0.384 e. The Kier molecular flexibility index (Phi) is 5.11. The van der Waals surface area contributed by atoms with Crippen molar-refractivity contribution in [2.24, 2.45) is 0 Å². The van der Waals surface area contributed by atoms with Gasteiger partial charge >= 0.3 is 6.18 Å². The highest BCUT2D eigenvalue weighted by Crippen LogP contribution is 2.31. The van der Waals surface area contributed by atoms with Crippen molar-refractivity contribution in [3.63, 3.8) is 0 Å². The van der Waals surface area contributed by atoms with Crippen molar-refractivity contribution < 1.29 is 18.3 Å². The summed E-state index contributed by atoms with van der Waals surface area (Å²) in [5, 5.41) is 17.7. The fourth-order valence-electron chi connectivity index (χ4n) is 2.26. The summed E-state index contributed by atoms with van der Waals surface area (Å²) in [6.07, 6.45) is -0.929. The van der Waals surface area contributed by atoms with Crippen LogP contribution in [-0.2, 0) is 18.3 Å². The van der Waals surface area contributed by atoms with Gasteiger partial charge in [-0.05, 0) is 37.6 Å². The Morgan fingerprint density at radius 1 is 1.26 bits per heavy atom. The van der Waals surface area contributed by atoms with Gasteiger partial charge in [-0.25, -0.2) is 0 Å². The number of nitrogens with one attached hydrogen (secondary N) is 1. The molecule has 0 saturated heterocycles. The fourth-order valence-corrected chi connectivity index (χ4v) is 2.26. The number of aliphatic hydroxyl groups is 1. The molecule has 0 bridgehead atoms. The molecule has 2 aromatic rings. The van der Waals surface area contributed by atoms with Gasteiger partial charge in [-0.3, -0.25) is 4.68 Å². The second-order valence-corrected chi connectivity index (χ2v) is 5.86. The summed E-state index contributed by atoms with van der Waals surface area (Å²) in [6, 6.07) is 6.60. The first-order chi connectivity index (χ1) is 10.7. The molecule has 2 N–H and O–H groups in total. The second kappa shape index (κ2) is 6.72. The minimum absolute atomic E-state index is 0.00664. The molecule has 23 heavy (non-hydrogen) atoms. The summed E-state index contributed by atoms with van der Waals surface area (Å²) in [5.74, 6) is 0. The van der Waals surface area contributed by atoms with E-state index in [4.69, 9.17) is 0 Å². The molecule has 2 rings (SSSR count). The highest BCUT2D eigenvalue weighted by molar-refractivity contribution is 5.29. The second-order valence-electron chi connectivity index (χ2n) is 5.86. The molecule has 0 aliphatic heterocycles. The van der Waals surface area contributed by atoms with Gasteiger partial charge in [0.15, 0.2) is 0 Å². The SMILES string of the molecule is C[C@@H](Cn1cccn1)NC[C@@](C)(O)c1cccc(C(F)(F)F)c1. The third-order valence-electron chi connectivity index (χ3n) is 3.63. The fraction of sp³-hybridized carbons (Fsp3) is 0.438. The van der Waals surface area contributed by atoms with Gasteiger partial charge in [-0.2, -0.15) is 18.3 Å². The van der Waals surface area contributed by atoms with E-state index >= 15 is 0 Å². The lowest BCUT2D eigenvalue weighted by Gasteiger charge is -2.27. The van der Waals surface area contributed by atoms with E-state index in [9.17, 15) is 18.3 Å². The monoisotopic (exact) mass is 327 g/mol. The van der Waals surface area contributed by atoms with E-state index in [1.165, 1.54) is 19.1 Å². The van der Waals surface area contributed by atoms with Crippen LogP contribution >= 0.6 is 0 Å². The van der Waals surface area contributed by atoms with E-state index in [-0.39, 0.29) is 18.2 Å². The lowest BCUT2D eigenvalue weighted by atomic mass is 9.94. The number of hydrogen-bond donors (Lipinski definition) is 2. The Balaban J connectivity index is 2.01. The molecular formula is C16H20F3N3O. The Morgan fingerprint density at radius 3 is 2.57 bits per heavy atom. The van der Waals surface area contributed by atoms with Crippen molar-refractivity contribution in [3.05, 3.63) is 53.9 Å². The molecule has 0 amide bonds. The Bertz CT molecular complexity index is 624. The molecule has 0 aliphatic rings. The summed E-state index contributed by atoms with van der Waals surface area (Å²) < 4.78 is 40.1. The van der Waals surface area contributed by atoms with E-state index < -0.39 is 17.3 Å². The van der Waals surface area contributed by atoms with Crippen molar-refractivity contribution >= 4 is 0 Å². The standard InChI is InChI=1S/C16H20F3N3O/c1-12(10-22-8-4-7-21-22)20-11-15(2,23)13-5-3-6-14(9-13)16(17,18)19/h3-9,12,20,23H,10-11H2,1-2H3/t12-,15+/m0/s1. The predicted octanol–water partition coefficient (Wildman–Crippen LogP) is 2.79. The normalized spacial score (nSPS) is 16.1. The smallest absolute Gasteiger partial charge is 0.384 e. The van der Waals surface area contributed by atoms with Gasteiger partial charge < -0.3 is 10.4 Å². The Morgan fingerprint density at radius 2 is 1.96 bits per heavy atom. The summed E-state index contributed by atoms with van der Waals surface area (Å²) in [7, 11) is 0. The lowest BCUT2D eigenvalue weighted by molar-refractivity contribution is -0.137. The van der Waals surface area contributed by atoms with E-state index in [0.717, 1.165) is 12.1 Å². The third kappa shape index (κ3) is 4.80. The average molecular weight is 327 g/mol. The van der Waals surface area contributed by atoms with Crippen LogP contribution in [0, 0.1) is 0 Å². The quantitative estimate of drug-likeness (QED) is 0.858. The van der Waals surface area contributed by atoms with Crippen molar-refractivity contribution in [3.8, 4) is 0 Å². The van der Waals surface area contributed by atoms with Crippen molar-refractivity contribution in [1.82, 2.24) is 15.1 Å². The first-order valence-corrected chi connectivity index (χ1v) is 7.29. The van der Waals surface area contributed by atoms with Crippen molar-refractivity contribution in [2.75, 3.05) is 6.54 Å². The van der Waals surface area contributed by atoms with Gasteiger partial charge in [0.25, 0.3) is 0 Å². The maximum Gasteiger partial charge on any atom is 0.416 e. The third-order valence-corrected chi connectivity index (χ3v) is 3.63. The van der Waals surface area contributed by atoms with E-state index in [0.29, 0.717) is 6.54 Å². The molecule has 4 nitrogen and oxygen atoms in total. The van der Waals surface area contributed by atoms with Gasteiger partial charge in [-0.1, -0.05) is 12.1 Å². The molecule has 7 heteroatoms. The number of aromatic nitrogens is 2. The Labute approximate surface area is 132 Å². The molecule has 0 unspecified atom stereocenters. The average Bonchev–Trinajstić information content (AvgIpc) is 2.97. The van der Waals surface area contributed by atoms with E-state index in [1.54, 1.807) is 10.9 Å². The molecule has 0 saturated carbocycles. The maximum atomic E-state index is 12.8. The molecule has 1 aromatic heterocycles. The van der Waals surface area contributed by atoms with Crippen molar-refractivity contribution in [1.29, 1.82) is 0 Å². The van der Waals surface area contributed by atoms with Gasteiger partial charge in [-0.15, -0.1) is 0 Å². The molecule has 1 heterocycles. The van der Waals surface area contributed by atoms with Crippen LogP contribution in [0.2, 0.25) is 0 Å². The minimum atomic E-state index is -4.42. The summed E-state index contributed by atoms with van der Waals surface area (Å²) in [6.45, 7) is 4.16. The first-order valence-electron chi connectivity index (χ1n) is 7.29. The summed E-state index contributed by atoms with van der Waals surface area (Å²) >= 11 is 0. The van der Waals surface area contributed by atoms with Crippen LogP contribution in [0.5, 0.6) is 0 Å². The van der Waals surface area contributed by atoms with E-state index in [2.05, 4.69) is 10.4 Å². The molecule has 2 atom stereocenters. The molecular weight excluding hydrogens is 307 g/mol. The number of nitrogens with zero attached hydrogens (tertiary/aromatic N) is 2. The van der Waals surface area contributed by atoms with Crippen molar-refractivity contribution in [2.45, 2.75) is 38.2 Å². The Hall–Kier alpha value is -1.86. The topological polar surface area (TPSA) is 50.1 Å². The van der Waals surface area contributed by atoms with Gasteiger partial charge in [0.2, 0.25) is 0 Å². The first kappa shape index (κ1) is 17.5.